The number of quaternary nitrogens is 1. The third-order valence-corrected chi connectivity index (χ3v) is 4.45. The van der Waals surface area contributed by atoms with Gasteiger partial charge in [-0.15, -0.1) is 15.0 Å². The molecule has 7 heteroatoms. The van der Waals surface area contributed by atoms with Crippen LogP contribution in [0.5, 0.6) is 12.0 Å². The van der Waals surface area contributed by atoms with Crippen LogP contribution in [-0.4, -0.2) is 47.8 Å². The lowest BCUT2D eigenvalue weighted by molar-refractivity contribution is -0.00000632. The zero-order valence-electron chi connectivity index (χ0n) is 12.7. The first-order valence-electron chi connectivity index (χ1n) is 7.64. The minimum absolute atomic E-state index is 0. The average molecular weight is 315 g/mol. The molecule has 1 aromatic rings. The van der Waals surface area contributed by atoms with Crippen LogP contribution < -0.4 is 26.4 Å². The first-order valence-corrected chi connectivity index (χ1v) is 7.64. The van der Waals surface area contributed by atoms with Crippen LogP contribution in [0.2, 0.25) is 0 Å². The highest BCUT2D eigenvalue weighted by Gasteiger charge is 2.44. The van der Waals surface area contributed by atoms with Crippen LogP contribution in [0.4, 0.5) is 5.95 Å². The molecular formula is C14H23ClN4O2. The molecule has 0 spiro atoms. The molecule has 0 saturated carbocycles. The van der Waals surface area contributed by atoms with E-state index >= 15 is 0 Å². The fraction of sp³-hybridized carbons (Fsp3) is 0.786. The molecule has 0 aliphatic carbocycles. The van der Waals surface area contributed by atoms with Crippen LogP contribution in [0.25, 0.3) is 0 Å². The van der Waals surface area contributed by atoms with Gasteiger partial charge in [0.15, 0.2) is 0 Å². The summed E-state index contributed by atoms with van der Waals surface area (Å²) < 4.78 is 11.8. The van der Waals surface area contributed by atoms with Gasteiger partial charge in [-0.25, -0.2) is 0 Å². The number of piperidine rings is 3. The van der Waals surface area contributed by atoms with Gasteiger partial charge in [0.05, 0.1) is 32.8 Å². The summed E-state index contributed by atoms with van der Waals surface area (Å²) in [5.74, 6) is 1.74. The Bertz CT molecular complexity index is 440. The lowest BCUT2D eigenvalue weighted by atomic mass is 9.86. The highest BCUT2D eigenvalue weighted by Crippen LogP contribution is 2.37. The molecule has 0 unspecified atom stereocenters. The fourth-order valence-corrected chi connectivity index (χ4v) is 3.28. The Labute approximate surface area is 131 Å². The standard InChI is InChI=1S/C14H23N4O2.ClH/c1-3-19-13-15-12(16-14(17-13)20-4-2)18-8-5-11(6-9-18)7-10-18;/h11H,3-10H2,1-2H3;1H/q+1;/p-1. The summed E-state index contributed by atoms with van der Waals surface area (Å²) in [5, 5.41) is 0. The molecule has 0 aromatic carbocycles. The third kappa shape index (κ3) is 3.21. The van der Waals surface area contributed by atoms with E-state index in [1.54, 1.807) is 0 Å². The molecule has 21 heavy (non-hydrogen) atoms. The van der Waals surface area contributed by atoms with Crippen molar-refractivity contribution in [2.24, 2.45) is 5.92 Å². The number of aromatic nitrogens is 3. The first-order chi connectivity index (χ1) is 9.75. The monoisotopic (exact) mass is 314 g/mol. The second-order valence-electron chi connectivity index (χ2n) is 5.61. The minimum Gasteiger partial charge on any atom is -1.00 e. The number of hydrogen-bond acceptors (Lipinski definition) is 5. The van der Waals surface area contributed by atoms with Crippen molar-refractivity contribution in [2.45, 2.75) is 33.1 Å². The Balaban J connectivity index is 0.00000161. The number of fused-ring (bicyclic) bond motifs is 3. The Morgan fingerprint density at radius 2 is 1.38 bits per heavy atom. The molecule has 4 heterocycles. The summed E-state index contributed by atoms with van der Waals surface area (Å²) in [7, 11) is 0. The summed E-state index contributed by atoms with van der Waals surface area (Å²) in [5.41, 5.74) is 0. The molecule has 1 aromatic heterocycles. The second kappa shape index (κ2) is 6.75. The summed E-state index contributed by atoms with van der Waals surface area (Å²) in [6, 6.07) is 0.780. The van der Waals surface area contributed by atoms with Crippen molar-refractivity contribution in [3.8, 4) is 12.0 Å². The van der Waals surface area contributed by atoms with Gasteiger partial charge in [0.1, 0.15) is 0 Å². The van der Waals surface area contributed by atoms with Gasteiger partial charge >= 0.3 is 18.0 Å². The lowest BCUT2D eigenvalue weighted by Crippen LogP contribution is -3.00. The van der Waals surface area contributed by atoms with Crippen LogP contribution in [0.1, 0.15) is 33.1 Å². The molecule has 0 atom stereocenters. The van der Waals surface area contributed by atoms with E-state index in [1.807, 2.05) is 13.8 Å². The van der Waals surface area contributed by atoms with E-state index in [4.69, 9.17) is 9.47 Å². The summed E-state index contributed by atoms with van der Waals surface area (Å²) in [6.07, 6.45) is 3.83. The van der Waals surface area contributed by atoms with Crippen LogP contribution in [0, 0.1) is 5.92 Å². The van der Waals surface area contributed by atoms with Gasteiger partial charge in [0.2, 0.25) is 0 Å². The molecule has 6 nitrogen and oxygen atoms in total. The first kappa shape index (κ1) is 16.2. The van der Waals surface area contributed by atoms with Gasteiger partial charge in [-0.3, -0.25) is 4.48 Å². The van der Waals surface area contributed by atoms with E-state index in [9.17, 15) is 0 Å². The molecule has 3 aliphatic rings. The number of rotatable bonds is 5. The van der Waals surface area contributed by atoms with Crippen LogP contribution in [0.3, 0.4) is 0 Å². The van der Waals surface area contributed by atoms with Crippen molar-refractivity contribution >= 4 is 5.95 Å². The van der Waals surface area contributed by atoms with Crippen molar-refractivity contribution in [3.63, 3.8) is 0 Å². The Morgan fingerprint density at radius 3 is 1.81 bits per heavy atom. The molecule has 118 valence electrons. The molecule has 3 fully saturated rings. The molecule has 3 saturated heterocycles. The zero-order chi connectivity index (χ0) is 14.0. The Kier molecular flexibility index (Phi) is 5.22. The van der Waals surface area contributed by atoms with Gasteiger partial charge in [0, 0.05) is 19.3 Å². The Morgan fingerprint density at radius 1 is 0.905 bits per heavy atom. The minimum atomic E-state index is 0. The molecule has 0 N–H and O–H groups in total. The summed E-state index contributed by atoms with van der Waals surface area (Å²) in [4.78, 5) is 13.3. The average Bonchev–Trinajstić information content (AvgIpc) is 2.50. The van der Waals surface area contributed by atoms with Crippen LogP contribution in [0.15, 0.2) is 0 Å². The van der Waals surface area contributed by atoms with Gasteiger partial charge in [0.25, 0.3) is 0 Å². The van der Waals surface area contributed by atoms with Gasteiger partial charge in [-0.2, -0.15) is 0 Å². The van der Waals surface area contributed by atoms with Gasteiger partial charge in [-0.05, 0) is 19.8 Å². The number of ether oxygens (including phenoxy) is 2. The molecule has 4 rings (SSSR count). The van der Waals surface area contributed by atoms with E-state index in [0.717, 1.165) is 36.0 Å². The van der Waals surface area contributed by atoms with Crippen LogP contribution >= 0.6 is 0 Å². The highest BCUT2D eigenvalue weighted by atomic mass is 35.5. The molecule has 0 radical (unpaired) electrons. The Hall–Kier alpha value is -1.14. The smallest absolute Gasteiger partial charge is 0.338 e. The topological polar surface area (TPSA) is 57.1 Å². The zero-order valence-corrected chi connectivity index (χ0v) is 13.5. The van der Waals surface area contributed by atoms with E-state index in [0.29, 0.717) is 25.2 Å². The maximum Gasteiger partial charge on any atom is 0.338 e. The predicted molar refractivity (Wildman–Crippen MR) is 75.9 cm³/mol. The third-order valence-electron chi connectivity index (χ3n) is 4.45. The van der Waals surface area contributed by atoms with Crippen LogP contribution in [-0.2, 0) is 0 Å². The van der Waals surface area contributed by atoms with Crippen molar-refractivity contribution in [2.75, 3.05) is 32.8 Å². The quantitative estimate of drug-likeness (QED) is 0.639. The van der Waals surface area contributed by atoms with Gasteiger partial charge < -0.3 is 21.9 Å². The van der Waals surface area contributed by atoms with E-state index in [2.05, 4.69) is 15.0 Å². The predicted octanol–water partition coefficient (Wildman–Crippen LogP) is -1.21. The SMILES string of the molecule is CCOc1nc(OCC)nc([N+]23CCC(CC2)CC3)n1.[Cl-]. The maximum absolute atomic E-state index is 5.47. The van der Waals surface area contributed by atoms with Crippen molar-refractivity contribution in [3.05, 3.63) is 0 Å². The molecular weight excluding hydrogens is 292 g/mol. The maximum atomic E-state index is 5.47. The number of hydrogen-bond donors (Lipinski definition) is 0. The second-order valence-corrected chi connectivity index (χ2v) is 5.61. The highest BCUT2D eigenvalue weighted by molar-refractivity contribution is 5.30. The molecule has 2 bridgehead atoms. The number of halogens is 1. The fourth-order valence-electron chi connectivity index (χ4n) is 3.28. The van der Waals surface area contributed by atoms with Crippen molar-refractivity contribution in [1.82, 2.24) is 19.4 Å². The largest absolute Gasteiger partial charge is 1.00 e. The molecule has 0 amide bonds. The normalized spacial score (nSPS) is 27.0. The number of nitrogens with zero attached hydrogens (tertiary/aromatic N) is 4. The van der Waals surface area contributed by atoms with Crippen molar-refractivity contribution in [1.29, 1.82) is 0 Å². The lowest BCUT2D eigenvalue weighted by Gasteiger charge is -2.46. The van der Waals surface area contributed by atoms with Gasteiger partial charge in [-0.1, -0.05) is 0 Å². The summed E-state index contributed by atoms with van der Waals surface area (Å²) in [6.45, 7) is 8.36. The van der Waals surface area contributed by atoms with E-state index < -0.39 is 0 Å². The van der Waals surface area contributed by atoms with E-state index in [-0.39, 0.29) is 12.4 Å². The summed E-state index contributed by atoms with van der Waals surface area (Å²) >= 11 is 0. The van der Waals surface area contributed by atoms with Crippen molar-refractivity contribution < 1.29 is 21.9 Å². The van der Waals surface area contributed by atoms with E-state index in [1.165, 1.54) is 19.3 Å². The molecule has 3 aliphatic heterocycles.